The van der Waals surface area contributed by atoms with Crippen LogP contribution in [0.5, 0.6) is 0 Å². The van der Waals surface area contributed by atoms with Crippen LogP contribution in [0.25, 0.3) is 0 Å². The van der Waals surface area contributed by atoms with Gasteiger partial charge in [-0.05, 0) is 25.5 Å². The summed E-state index contributed by atoms with van der Waals surface area (Å²) in [6.45, 7) is 4.07. The van der Waals surface area contributed by atoms with Crippen LogP contribution in [0.1, 0.15) is 38.0 Å². The molecule has 0 saturated heterocycles. The summed E-state index contributed by atoms with van der Waals surface area (Å²) in [5.41, 5.74) is 0. The van der Waals surface area contributed by atoms with E-state index in [1.165, 1.54) is 6.07 Å². The maximum absolute atomic E-state index is 11.8. The van der Waals surface area contributed by atoms with E-state index < -0.39 is 9.05 Å². The first kappa shape index (κ1) is 16.5. The second-order valence-corrected chi connectivity index (χ2v) is 8.41. The molecule has 0 aromatic carbocycles. The highest BCUT2D eigenvalue weighted by molar-refractivity contribution is 8.15. The lowest BCUT2D eigenvalue weighted by Gasteiger charge is -2.12. The average Bonchev–Trinajstić information content (AvgIpc) is 2.74. The average molecular weight is 324 g/mol. The summed E-state index contributed by atoms with van der Waals surface area (Å²) in [4.78, 5) is 12.5. The maximum Gasteiger partial charge on any atom is 0.270 e. The van der Waals surface area contributed by atoms with Crippen LogP contribution in [-0.4, -0.2) is 20.4 Å². The molecule has 1 rings (SSSR count). The summed E-state index contributed by atoms with van der Waals surface area (Å²) >= 11 is 1.03. The molecule has 1 aromatic heterocycles. The number of unbranched alkanes of at least 4 members (excludes halogenated alkanes) is 1. The van der Waals surface area contributed by atoms with Crippen molar-refractivity contribution in [1.82, 2.24) is 5.32 Å². The zero-order valence-corrected chi connectivity index (χ0v) is 13.4. The van der Waals surface area contributed by atoms with Gasteiger partial charge >= 0.3 is 0 Å². The van der Waals surface area contributed by atoms with Gasteiger partial charge in [0.1, 0.15) is 4.21 Å². The molecule has 1 unspecified atom stereocenters. The summed E-state index contributed by atoms with van der Waals surface area (Å²) in [6, 6.07) is 3.19. The number of carbonyl (C=O) groups is 1. The Hall–Kier alpha value is -0.590. The number of hydrogen-bond acceptors (Lipinski definition) is 4. The number of nitrogens with one attached hydrogen (secondary N) is 1. The van der Waals surface area contributed by atoms with Crippen molar-refractivity contribution >= 4 is 37.0 Å². The molecule has 108 valence electrons. The third-order valence-electron chi connectivity index (χ3n) is 2.61. The molecule has 4 nitrogen and oxygen atoms in total. The van der Waals surface area contributed by atoms with Crippen molar-refractivity contribution in [3.63, 3.8) is 0 Å². The summed E-state index contributed by atoms with van der Waals surface area (Å²) in [7, 11) is 1.54. The fourth-order valence-corrected chi connectivity index (χ4v) is 3.77. The van der Waals surface area contributed by atoms with E-state index in [0.29, 0.717) is 4.88 Å². The Balaban J connectivity index is 2.51. The molecular formula is C12H18ClNO3S2. The predicted molar refractivity (Wildman–Crippen MR) is 78.2 cm³/mol. The standard InChI is InChI=1S/C12H18ClNO3S2/c1-3-4-5-9(2)14-11(15)8-10-6-7-12(18-10)19(13,16)17/h6-7,9H,3-5,8H2,1-2H3,(H,14,15). The molecule has 0 radical (unpaired) electrons. The first-order valence-electron chi connectivity index (χ1n) is 6.15. The van der Waals surface area contributed by atoms with Gasteiger partial charge in [-0.1, -0.05) is 19.8 Å². The van der Waals surface area contributed by atoms with Gasteiger partial charge in [0.15, 0.2) is 0 Å². The molecule has 1 N–H and O–H groups in total. The summed E-state index contributed by atoms with van der Waals surface area (Å²) < 4.78 is 22.3. The van der Waals surface area contributed by atoms with Crippen molar-refractivity contribution in [3.05, 3.63) is 17.0 Å². The molecule has 0 aliphatic rings. The second-order valence-electron chi connectivity index (χ2n) is 4.45. The van der Waals surface area contributed by atoms with Crippen molar-refractivity contribution < 1.29 is 13.2 Å². The minimum Gasteiger partial charge on any atom is -0.353 e. The van der Waals surface area contributed by atoms with Crippen molar-refractivity contribution in [1.29, 1.82) is 0 Å². The van der Waals surface area contributed by atoms with Crippen molar-refractivity contribution in [3.8, 4) is 0 Å². The number of amides is 1. The van der Waals surface area contributed by atoms with Gasteiger partial charge in [0.25, 0.3) is 9.05 Å². The molecule has 1 aromatic rings. The molecule has 0 saturated carbocycles. The van der Waals surface area contributed by atoms with E-state index >= 15 is 0 Å². The number of halogens is 1. The molecule has 1 heterocycles. The van der Waals surface area contributed by atoms with Crippen molar-refractivity contribution in [2.75, 3.05) is 0 Å². The number of hydrogen-bond donors (Lipinski definition) is 1. The molecule has 0 spiro atoms. The number of carbonyl (C=O) groups excluding carboxylic acids is 1. The van der Waals surface area contributed by atoms with Gasteiger partial charge in [-0.15, -0.1) is 11.3 Å². The Morgan fingerprint density at radius 2 is 2.16 bits per heavy atom. The molecule has 0 bridgehead atoms. The van der Waals surface area contributed by atoms with Crippen LogP contribution in [0.4, 0.5) is 0 Å². The van der Waals surface area contributed by atoms with Crippen molar-refractivity contribution in [2.45, 2.75) is 49.8 Å². The first-order chi connectivity index (χ1) is 8.82. The Morgan fingerprint density at radius 1 is 1.47 bits per heavy atom. The lowest BCUT2D eigenvalue weighted by Crippen LogP contribution is -2.33. The van der Waals surface area contributed by atoms with Crippen LogP contribution in [0, 0.1) is 0 Å². The van der Waals surface area contributed by atoms with Crippen LogP contribution in [0.2, 0.25) is 0 Å². The SMILES string of the molecule is CCCCC(C)NC(=O)Cc1ccc(S(=O)(=O)Cl)s1. The number of rotatable bonds is 7. The largest absolute Gasteiger partial charge is 0.353 e. The van der Waals surface area contributed by atoms with Crippen molar-refractivity contribution in [2.24, 2.45) is 0 Å². The Labute approximate surface area is 122 Å². The summed E-state index contributed by atoms with van der Waals surface area (Å²) in [5, 5.41) is 2.90. The topological polar surface area (TPSA) is 63.2 Å². The van der Waals surface area contributed by atoms with E-state index in [2.05, 4.69) is 12.2 Å². The fourth-order valence-electron chi connectivity index (χ4n) is 1.65. The Bertz CT molecular complexity index is 525. The molecular weight excluding hydrogens is 306 g/mol. The maximum atomic E-state index is 11.8. The van der Waals surface area contributed by atoms with Gasteiger partial charge in [-0.25, -0.2) is 8.42 Å². The van der Waals surface area contributed by atoms with E-state index in [9.17, 15) is 13.2 Å². The normalized spacial score (nSPS) is 13.2. The van der Waals surface area contributed by atoms with Crippen LogP contribution in [0.3, 0.4) is 0 Å². The van der Waals surface area contributed by atoms with E-state index in [1.807, 2.05) is 6.92 Å². The molecule has 0 aliphatic carbocycles. The van der Waals surface area contributed by atoms with Crippen LogP contribution in [0.15, 0.2) is 16.3 Å². The summed E-state index contributed by atoms with van der Waals surface area (Å²) in [5.74, 6) is -0.0935. The molecule has 0 fully saturated rings. The molecule has 1 atom stereocenters. The van der Waals surface area contributed by atoms with E-state index in [0.717, 1.165) is 30.6 Å². The first-order valence-corrected chi connectivity index (χ1v) is 9.28. The van der Waals surface area contributed by atoms with Gasteiger partial charge in [-0.3, -0.25) is 4.79 Å². The Kier molecular flexibility index (Phi) is 6.29. The lowest BCUT2D eigenvalue weighted by molar-refractivity contribution is -0.121. The smallest absolute Gasteiger partial charge is 0.270 e. The third-order valence-corrected chi connectivity index (χ3v) is 5.79. The zero-order valence-electron chi connectivity index (χ0n) is 11.0. The second kappa shape index (κ2) is 7.26. The highest BCUT2D eigenvalue weighted by Gasteiger charge is 2.15. The van der Waals surface area contributed by atoms with Gasteiger partial charge in [0, 0.05) is 21.6 Å². The lowest BCUT2D eigenvalue weighted by atomic mass is 10.1. The highest BCUT2D eigenvalue weighted by Crippen LogP contribution is 2.25. The minimum absolute atomic E-state index is 0.0796. The third kappa shape index (κ3) is 5.93. The quantitative estimate of drug-likeness (QED) is 0.785. The zero-order chi connectivity index (χ0) is 14.5. The van der Waals surface area contributed by atoms with Gasteiger partial charge in [-0.2, -0.15) is 0 Å². The fraction of sp³-hybridized carbons (Fsp3) is 0.583. The highest BCUT2D eigenvalue weighted by atomic mass is 35.7. The van der Waals surface area contributed by atoms with Crippen LogP contribution < -0.4 is 5.32 Å². The molecule has 19 heavy (non-hydrogen) atoms. The minimum atomic E-state index is -3.69. The monoisotopic (exact) mass is 323 g/mol. The Morgan fingerprint density at radius 3 is 2.68 bits per heavy atom. The molecule has 7 heteroatoms. The molecule has 0 aliphatic heterocycles. The number of thiophene rings is 1. The van der Waals surface area contributed by atoms with Gasteiger partial charge in [0.05, 0.1) is 6.42 Å². The van der Waals surface area contributed by atoms with Gasteiger partial charge in [0.2, 0.25) is 5.91 Å². The van der Waals surface area contributed by atoms with Crippen LogP contribution >= 0.6 is 22.0 Å². The van der Waals surface area contributed by atoms with Crippen LogP contribution in [-0.2, 0) is 20.3 Å². The predicted octanol–water partition coefficient (Wildman–Crippen LogP) is 2.91. The summed E-state index contributed by atoms with van der Waals surface area (Å²) in [6.07, 6.45) is 3.32. The van der Waals surface area contributed by atoms with E-state index in [1.54, 1.807) is 6.07 Å². The molecule has 1 amide bonds. The van der Waals surface area contributed by atoms with E-state index in [-0.39, 0.29) is 22.6 Å². The van der Waals surface area contributed by atoms with Gasteiger partial charge < -0.3 is 5.32 Å². The van der Waals surface area contributed by atoms with E-state index in [4.69, 9.17) is 10.7 Å².